The Morgan fingerprint density at radius 2 is 2.24 bits per heavy atom. The number of carbonyl (C=O) groups excluding carboxylic acids is 1. The van der Waals surface area contributed by atoms with Crippen molar-refractivity contribution in [1.82, 2.24) is 14.5 Å². The van der Waals surface area contributed by atoms with Gasteiger partial charge in [-0.05, 0) is 26.0 Å². The van der Waals surface area contributed by atoms with Gasteiger partial charge in [-0.25, -0.2) is 9.97 Å². The van der Waals surface area contributed by atoms with E-state index in [1.807, 2.05) is 36.8 Å². The lowest BCUT2D eigenvalue weighted by atomic mass is 10.1. The van der Waals surface area contributed by atoms with Gasteiger partial charge in [-0.1, -0.05) is 0 Å². The van der Waals surface area contributed by atoms with Crippen molar-refractivity contribution in [3.8, 4) is 0 Å². The predicted octanol–water partition coefficient (Wildman–Crippen LogP) is 1.63. The van der Waals surface area contributed by atoms with Gasteiger partial charge in [0.25, 0.3) is 0 Å². The maximum absolute atomic E-state index is 11.3. The van der Waals surface area contributed by atoms with Crippen molar-refractivity contribution in [2.45, 2.75) is 37.9 Å². The molecule has 6 nitrogen and oxygen atoms in total. The third-order valence-electron chi connectivity index (χ3n) is 3.99. The fraction of sp³-hybridized carbons (Fsp3) is 0.400. The first-order chi connectivity index (χ1) is 10.1. The Kier molecular flexibility index (Phi) is 2.55. The van der Waals surface area contributed by atoms with Crippen LogP contribution in [0.2, 0.25) is 0 Å². The zero-order valence-corrected chi connectivity index (χ0v) is 11.8. The minimum Gasteiger partial charge on any atom is -0.342 e. The summed E-state index contributed by atoms with van der Waals surface area (Å²) in [6, 6.07) is 1.85. The molecule has 21 heavy (non-hydrogen) atoms. The van der Waals surface area contributed by atoms with Gasteiger partial charge >= 0.3 is 0 Å². The van der Waals surface area contributed by atoms with E-state index in [2.05, 4.69) is 9.97 Å². The lowest BCUT2D eigenvalue weighted by molar-refractivity contribution is -0.148. The Bertz CT molecular complexity index is 749. The van der Waals surface area contributed by atoms with Crippen LogP contribution < -0.4 is 0 Å². The molecule has 6 heteroatoms. The number of carbonyl (C=O) groups is 1. The normalized spacial score (nSPS) is 30.4. The molecule has 1 aliphatic carbocycles. The van der Waals surface area contributed by atoms with Crippen LogP contribution in [0.4, 0.5) is 0 Å². The molecule has 0 amide bonds. The van der Waals surface area contributed by atoms with Gasteiger partial charge in [0.05, 0.1) is 6.04 Å². The molecule has 1 saturated heterocycles. The molecule has 0 radical (unpaired) electrons. The standard InChI is InChI=1S/C15H15N3O3/c1-15(2)20-12-10(7-19)5-11(13(12)21-15)18-4-3-9-6-16-8-17-14(9)18/h3-8,11-13H,1-2H3/t11-,12-,13+/m1/s1. The Hall–Kier alpha value is -2.05. The summed E-state index contributed by atoms with van der Waals surface area (Å²) in [6.07, 6.45) is 7.45. The van der Waals surface area contributed by atoms with Crippen molar-refractivity contribution in [2.75, 3.05) is 0 Å². The van der Waals surface area contributed by atoms with Crippen LogP contribution in [0.15, 0.2) is 36.4 Å². The average molecular weight is 285 g/mol. The smallest absolute Gasteiger partial charge is 0.164 e. The molecule has 1 aliphatic heterocycles. The Balaban J connectivity index is 1.81. The molecule has 0 spiro atoms. The highest BCUT2D eigenvalue weighted by Gasteiger charge is 2.50. The molecule has 0 saturated carbocycles. The van der Waals surface area contributed by atoms with Crippen molar-refractivity contribution in [1.29, 1.82) is 0 Å². The number of hydrogen-bond donors (Lipinski definition) is 0. The van der Waals surface area contributed by atoms with Gasteiger partial charge in [0, 0.05) is 23.4 Å². The first-order valence-corrected chi connectivity index (χ1v) is 6.88. The van der Waals surface area contributed by atoms with E-state index in [-0.39, 0.29) is 18.2 Å². The molecule has 3 atom stereocenters. The lowest BCUT2D eigenvalue weighted by Gasteiger charge is -2.22. The number of hydrogen-bond acceptors (Lipinski definition) is 5. The van der Waals surface area contributed by atoms with E-state index >= 15 is 0 Å². The maximum atomic E-state index is 11.3. The van der Waals surface area contributed by atoms with E-state index in [1.54, 1.807) is 6.20 Å². The van der Waals surface area contributed by atoms with Gasteiger partial charge in [-0.3, -0.25) is 4.79 Å². The monoisotopic (exact) mass is 285 g/mol. The summed E-state index contributed by atoms with van der Waals surface area (Å²) in [5.74, 6) is -0.686. The van der Waals surface area contributed by atoms with E-state index in [9.17, 15) is 4.79 Å². The Labute approximate surface area is 121 Å². The third kappa shape index (κ3) is 1.83. The minimum atomic E-state index is -0.686. The first-order valence-electron chi connectivity index (χ1n) is 6.88. The van der Waals surface area contributed by atoms with Crippen LogP contribution in [-0.4, -0.2) is 38.8 Å². The molecule has 2 aliphatic rings. The molecule has 0 bridgehead atoms. The van der Waals surface area contributed by atoms with Gasteiger partial charge in [0.2, 0.25) is 0 Å². The summed E-state index contributed by atoms with van der Waals surface area (Å²) in [6.45, 7) is 3.72. The largest absolute Gasteiger partial charge is 0.342 e. The van der Waals surface area contributed by atoms with Gasteiger partial charge in [-0.2, -0.15) is 0 Å². The number of rotatable bonds is 2. The van der Waals surface area contributed by atoms with E-state index in [4.69, 9.17) is 9.47 Å². The lowest BCUT2D eigenvalue weighted by Crippen LogP contribution is -2.27. The SMILES string of the molecule is CC1(C)O[C@@H]2[C@H](O1)C(C=O)=C[C@H]2n1ccc2cncnc21. The summed E-state index contributed by atoms with van der Waals surface area (Å²) < 4.78 is 13.9. The molecule has 108 valence electrons. The predicted molar refractivity (Wildman–Crippen MR) is 74.5 cm³/mol. The zero-order valence-electron chi connectivity index (χ0n) is 11.8. The minimum absolute atomic E-state index is 0.107. The molecule has 0 unspecified atom stereocenters. The van der Waals surface area contributed by atoms with Crippen molar-refractivity contribution in [2.24, 2.45) is 0 Å². The van der Waals surface area contributed by atoms with Gasteiger partial charge in [0.1, 0.15) is 30.5 Å². The van der Waals surface area contributed by atoms with Crippen molar-refractivity contribution in [3.63, 3.8) is 0 Å². The summed E-state index contributed by atoms with van der Waals surface area (Å²) in [7, 11) is 0. The second kappa shape index (κ2) is 4.22. The van der Waals surface area contributed by atoms with E-state index < -0.39 is 5.79 Å². The van der Waals surface area contributed by atoms with Crippen LogP contribution in [0, 0.1) is 0 Å². The molecule has 0 N–H and O–H groups in total. The van der Waals surface area contributed by atoms with Gasteiger partial charge in [-0.15, -0.1) is 0 Å². The van der Waals surface area contributed by atoms with Crippen molar-refractivity contribution in [3.05, 3.63) is 36.4 Å². The van der Waals surface area contributed by atoms with Gasteiger partial charge < -0.3 is 14.0 Å². The quantitative estimate of drug-likeness (QED) is 0.785. The molecule has 1 fully saturated rings. The Morgan fingerprint density at radius 3 is 3.05 bits per heavy atom. The van der Waals surface area contributed by atoms with Gasteiger partial charge in [0.15, 0.2) is 5.79 Å². The zero-order chi connectivity index (χ0) is 14.6. The molecule has 0 aromatic carbocycles. The summed E-state index contributed by atoms with van der Waals surface area (Å²) in [5.41, 5.74) is 1.46. The number of aromatic nitrogens is 3. The summed E-state index contributed by atoms with van der Waals surface area (Å²) >= 11 is 0. The van der Waals surface area contributed by atoms with Crippen LogP contribution in [0.3, 0.4) is 0 Å². The fourth-order valence-electron chi connectivity index (χ4n) is 3.17. The van der Waals surface area contributed by atoms with E-state index in [0.717, 1.165) is 17.3 Å². The van der Waals surface area contributed by atoms with Crippen LogP contribution in [0.1, 0.15) is 19.9 Å². The number of nitrogens with zero attached hydrogens (tertiary/aromatic N) is 3. The number of fused-ring (bicyclic) bond motifs is 2. The summed E-state index contributed by atoms with van der Waals surface area (Å²) in [4.78, 5) is 19.6. The second-order valence-electron chi connectivity index (χ2n) is 5.82. The van der Waals surface area contributed by atoms with Crippen LogP contribution >= 0.6 is 0 Å². The topological polar surface area (TPSA) is 66.2 Å². The van der Waals surface area contributed by atoms with Crippen molar-refractivity contribution < 1.29 is 14.3 Å². The third-order valence-corrected chi connectivity index (χ3v) is 3.99. The molecular weight excluding hydrogens is 270 g/mol. The molecular formula is C15H15N3O3. The van der Waals surface area contributed by atoms with Crippen LogP contribution in [-0.2, 0) is 14.3 Å². The maximum Gasteiger partial charge on any atom is 0.164 e. The second-order valence-corrected chi connectivity index (χ2v) is 5.82. The van der Waals surface area contributed by atoms with E-state index in [1.165, 1.54) is 6.33 Å². The highest BCUT2D eigenvalue weighted by molar-refractivity contribution is 5.78. The first kappa shape index (κ1) is 12.7. The van der Waals surface area contributed by atoms with Crippen LogP contribution in [0.5, 0.6) is 0 Å². The average Bonchev–Trinajstić information content (AvgIpc) is 3.09. The highest BCUT2D eigenvalue weighted by Crippen LogP contribution is 2.43. The number of ether oxygens (including phenoxy) is 2. The molecule has 2 aromatic rings. The summed E-state index contributed by atoms with van der Waals surface area (Å²) in [5, 5.41) is 0.958. The van der Waals surface area contributed by atoms with Crippen molar-refractivity contribution >= 4 is 17.3 Å². The molecule has 2 aromatic heterocycles. The molecule has 4 rings (SSSR count). The molecule has 3 heterocycles. The fourth-order valence-corrected chi connectivity index (χ4v) is 3.17. The Morgan fingerprint density at radius 1 is 1.38 bits per heavy atom. The highest BCUT2D eigenvalue weighted by atomic mass is 16.8. The number of aldehydes is 1. The van der Waals surface area contributed by atoms with E-state index in [0.29, 0.717) is 5.57 Å². The van der Waals surface area contributed by atoms with Crippen LogP contribution in [0.25, 0.3) is 11.0 Å².